The zero-order chi connectivity index (χ0) is 36.1. The molecule has 0 saturated heterocycles. The van der Waals surface area contributed by atoms with Crippen molar-refractivity contribution in [1.82, 2.24) is 9.97 Å². The van der Waals surface area contributed by atoms with Crippen LogP contribution in [-0.4, -0.2) is 40.4 Å². The molecular formula is C46H31B4N3S. The second-order valence-corrected chi connectivity index (χ2v) is 15.7. The molecule has 3 heterocycles. The molecule has 10 aromatic rings. The Morgan fingerprint density at radius 1 is 0.537 bits per heavy atom. The first kappa shape index (κ1) is 31.4. The van der Waals surface area contributed by atoms with Crippen molar-refractivity contribution in [3.63, 3.8) is 0 Å². The highest BCUT2D eigenvalue weighted by Crippen LogP contribution is 2.54. The molecule has 0 fully saturated rings. The van der Waals surface area contributed by atoms with Gasteiger partial charge in [-0.1, -0.05) is 161 Å². The van der Waals surface area contributed by atoms with E-state index >= 15 is 0 Å². The summed E-state index contributed by atoms with van der Waals surface area (Å²) in [6, 6.07) is 55.4. The van der Waals surface area contributed by atoms with Crippen LogP contribution in [0, 0.1) is 0 Å². The van der Waals surface area contributed by atoms with Gasteiger partial charge in [-0.05, 0) is 50.3 Å². The van der Waals surface area contributed by atoms with Crippen molar-refractivity contribution < 1.29 is 0 Å². The molecule has 248 valence electrons. The van der Waals surface area contributed by atoms with E-state index in [1.54, 1.807) is 0 Å². The highest BCUT2D eigenvalue weighted by molar-refractivity contribution is 7.26. The van der Waals surface area contributed by atoms with Crippen LogP contribution >= 0.6 is 11.3 Å². The molecule has 0 amide bonds. The largest absolute Gasteiger partial charge is 0.344 e. The number of nitrogens with zero attached hydrogens (tertiary/aromatic N) is 3. The Balaban J connectivity index is 1.37. The third-order valence-electron chi connectivity index (χ3n) is 11.4. The van der Waals surface area contributed by atoms with Crippen molar-refractivity contribution in [2.24, 2.45) is 0 Å². The van der Waals surface area contributed by atoms with E-state index in [1.807, 2.05) is 11.3 Å². The first-order valence-corrected chi connectivity index (χ1v) is 19.4. The Bertz CT molecular complexity index is 3160. The molecule has 0 unspecified atom stereocenters. The van der Waals surface area contributed by atoms with E-state index < -0.39 is 0 Å². The smallest absolute Gasteiger partial charge is 0.332 e. The summed E-state index contributed by atoms with van der Waals surface area (Å²) in [4.78, 5) is 13.7. The van der Waals surface area contributed by atoms with Crippen LogP contribution in [0.5, 0.6) is 0 Å². The van der Waals surface area contributed by atoms with Gasteiger partial charge in [0.25, 0.3) is 0 Å². The van der Waals surface area contributed by atoms with Gasteiger partial charge in [0.2, 0.25) is 5.95 Å². The normalized spacial score (nSPS) is 12.6. The standard InChI is InChI=1S/C46H31B4N3S/c47-27-24-34(48)42(35(49)25-27)43-32-18-8-10-20-37(32)51-46(52-43)53-44-41(31-17-7-6-16-30(31)39-33-19-9-11-21-38(33)54-45(39)44)40-29-15-5-4-12-26(29)22-23-36(40)50(53)28-13-2-1-3-14-28/h1-25H,47-49H2. The minimum Gasteiger partial charge on any atom is -0.344 e. The molecule has 0 bridgehead atoms. The fourth-order valence-electron chi connectivity index (χ4n) is 9.28. The number of benzene rings is 8. The van der Waals surface area contributed by atoms with E-state index in [0.717, 1.165) is 16.6 Å². The minimum atomic E-state index is -0.192. The van der Waals surface area contributed by atoms with Crippen molar-refractivity contribution in [2.45, 2.75) is 0 Å². The van der Waals surface area contributed by atoms with Crippen LogP contribution in [0.3, 0.4) is 0 Å². The number of rotatable bonds is 3. The molecule has 0 N–H and O–H groups in total. The van der Waals surface area contributed by atoms with E-state index in [-0.39, 0.29) is 6.85 Å². The predicted octanol–water partition coefficient (Wildman–Crippen LogP) is 5.67. The van der Waals surface area contributed by atoms with Crippen molar-refractivity contribution in [2.75, 3.05) is 4.81 Å². The molecular weight excluding hydrogens is 670 g/mol. The Morgan fingerprint density at radius 3 is 1.98 bits per heavy atom. The van der Waals surface area contributed by atoms with Crippen molar-refractivity contribution in [3.05, 3.63) is 152 Å². The van der Waals surface area contributed by atoms with Gasteiger partial charge >= 0.3 is 6.85 Å². The van der Waals surface area contributed by atoms with Crippen LogP contribution in [0.1, 0.15) is 0 Å². The summed E-state index contributed by atoms with van der Waals surface area (Å²) in [5, 5.41) is 8.63. The van der Waals surface area contributed by atoms with Gasteiger partial charge in [0.1, 0.15) is 23.5 Å². The lowest BCUT2D eigenvalue weighted by Crippen LogP contribution is -2.58. The van der Waals surface area contributed by atoms with E-state index in [4.69, 9.17) is 9.97 Å². The van der Waals surface area contributed by atoms with Crippen LogP contribution in [0.25, 0.3) is 75.0 Å². The molecule has 1 aliphatic rings. The lowest BCUT2D eigenvalue weighted by molar-refractivity contribution is 1.16. The van der Waals surface area contributed by atoms with Gasteiger partial charge < -0.3 is 4.81 Å². The van der Waals surface area contributed by atoms with E-state index in [2.05, 4.69) is 180 Å². The summed E-state index contributed by atoms with van der Waals surface area (Å²) < 4.78 is 2.53. The monoisotopic (exact) mass is 701 g/mol. The van der Waals surface area contributed by atoms with Gasteiger partial charge in [-0.3, -0.25) is 0 Å². The molecule has 0 aliphatic carbocycles. The Kier molecular flexibility index (Phi) is 6.96. The number of thiophene rings is 1. The number of para-hydroxylation sites is 1. The molecule has 0 spiro atoms. The summed E-state index contributed by atoms with van der Waals surface area (Å²) in [5.41, 5.74) is 12.9. The third kappa shape index (κ3) is 4.53. The first-order chi connectivity index (χ1) is 26.5. The molecule has 0 radical (unpaired) electrons. The number of fused-ring (bicyclic) bond motifs is 13. The second kappa shape index (κ2) is 12.0. The Labute approximate surface area is 320 Å². The van der Waals surface area contributed by atoms with Gasteiger partial charge in [-0.25, -0.2) is 9.97 Å². The topological polar surface area (TPSA) is 29.0 Å². The quantitative estimate of drug-likeness (QED) is 0.223. The number of hydrogen-bond acceptors (Lipinski definition) is 4. The summed E-state index contributed by atoms with van der Waals surface area (Å²) >= 11 is 1.88. The zero-order valence-corrected chi connectivity index (χ0v) is 31.1. The molecule has 0 atom stereocenters. The van der Waals surface area contributed by atoms with Crippen molar-refractivity contribution in [1.29, 1.82) is 0 Å². The SMILES string of the molecule is Bc1cc(B)c(-c2nc(N3B(c4ccccc4)c4ccc5ccccc5c4-c4c3c3sc5ccccc5c3c3ccccc43)nc3ccccc23)c(B)c1. The number of aromatic nitrogens is 2. The highest BCUT2D eigenvalue weighted by Gasteiger charge is 2.42. The van der Waals surface area contributed by atoms with Crippen LogP contribution in [0.2, 0.25) is 0 Å². The molecule has 1 aliphatic heterocycles. The Morgan fingerprint density at radius 2 is 1.19 bits per heavy atom. The molecule has 3 nitrogen and oxygen atoms in total. The molecule has 11 rings (SSSR count). The summed E-state index contributed by atoms with van der Waals surface area (Å²) in [6.45, 7) is -0.192. The molecule has 8 aromatic carbocycles. The third-order valence-corrected chi connectivity index (χ3v) is 12.5. The van der Waals surface area contributed by atoms with E-state index in [9.17, 15) is 0 Å². The highest BCUT2D eigenvalue weighted by atomic mass is 32.1. The van der Waals surface area contributed by atoms with Crippen molar-refractivity contribution in [3.8, 4) is 22.4 Å². The van der Waals surface area contributed by atoms with Crippen LogP contribution < -0.4 is 32.1 Å². The lowest BCUT2D eigenvalue weighted by Gasteiger charge is -2.39. The summed E-state index contributed by atoms with van der Waals surface area (Å²) in [7, 11) is 6.59. The molecule has 0 saturated carbocycles. The summed E-state index contributed by atoms with van der Waals surface area (Å²) in [5.74, 6) is 0.700. The van der Waals surface area contributed by atoms with Crippen molar-refractivity contribution >= 4 is 133 Å². The van der Waals surface area contributed by atoms with Gasteiger partial charge in [0, 0.05) is 26.4 Å². The Hall–Kier alpha value is -6.10. The van der Waals surface area contributed by atoms with Gasteiger partial charge in [-0.2, -0.15) is 0 Å². The predicted molar refractivity (Wildman–Crippen MR) is 243 cm³/mol. The molecule has 2 aromatic heterocycles. The van der Waals surface area contributed by atoms with Gasteiger partial charge in [0.05, 0.1) is 21.6 Å². The molecule has 8 heteroatoms. The fraction of sp³-hybridized carbons (Fsp3) is 0. The summed E-state index contributed by atoms with van der Waals surface area (Å²) in [6.07, 6.45) is 0. The maximum absolute atomic E-state index is 5.72. The second-order valence-electron chi connectivity index (χ2n) is 14.7. The maximum atomic E-state index is 5.72. The average Bonchev–Trinajstić information content (AvgIpc) is 3.60. The van der Waals surface area contributed by atoms with Crippen LogP contribution in [0.4, 0.5) is 11.6 Å². The maximum Gasteiger partial charge on any atom is 0.332 e. The minimum absolute atomic E-state index is 0.192. The van der Waals surface area contributed by atoms with E-state index in [1.165, 1.54) is 91.4 Å². The first-order valence-electron chi connectivity index (χ1n) is 18.6. The number of hydrogen-bond donors (Lipinski definition) is 0. The molecule has 54 heavy (non-hydrogen) atoms. The number of anilines is 2. The lowest BCUT2D eigenvalue weighted by atomic mass is 9.45. The van der Waals surface area contributed by atoms with Crippen LogP contribution in [-0.2, 0) is 0 Å². The average molecular weight is 701 g/mol. The fourth-order valence-corrected chi connectivity index (χ4v) is 10.5. The zero-order valence-electron chi connectivity index (χ0n) is 30.3. The van der Waals surface area contributed by atoms with Gasteiger partial charge in [-0.15, -0.1) is 11.3 Å². The van der Waals surface area contributed by atoms with Gasteiger partial charge in [0.15, 0.2) is 0 Å². The van der Waals surface area contributed by atoms with Crippen LogP contribution in [0.15, 0.2) is 152 Å². The van der Waals surface area contributed by atoms with E-state index in [0.29, 0.717) is 5.95 Å².